The summed E-state index contributed by atoms with van der Waals surface area (Å²) in [6, 6.07) is 0. The van der Waals surface area contributed by atoms with Crippen LogP contribution in [0.1, 0.15) is 163 Å². The van der Waals surface area contributed by atoms with Gasteiger partial charge in [-0.3, -0.25) is 9.59 Å². The summed E-state index contributed by atoms with van der Waals surface area (Å²) in [5.74, 6) is 4.80. The van der Waals surface area contributed by atoms with Gasteiger partial charge in [-0.05, 0) is 130 Å². The summed E-state index contributed by atoms with van der Waals surface area (Å²) in [7, 11) is 0. The Labute approximate surface area is 295 Å². The number of carbonyl (C=O) groups excluding carboxylic acids is 2. The van der Waals surface area contributed by atoms with E-state index in [9.17, 15) is 9.59 Å². The van der Waals surface area contributed by atoms with E-state index in [1.54, 1.807) is 10.5 Å². The first kappa shape index (κ1) is 39.4. The van der Waals surface area contributed by atoms with E-state index in [-0.39, 0.29) is 29.9 Å². The Hall–Kier alpha value is -1.40. The number of esters is 1. The Morgan fingerprint density at radius 3 is 2.29 bits per heavy atom. The van der Waals surface area contributed by atoms with Gasteiger partial charge >= 0.3 is 5.97 Å². The van der Waals surface area contributed by atoms with Gasteiger partial charge in [-0.1, -0.05) is 91.2 Å². The van der Waals surface area contributed by atoms with Crippen molar-refractivity contribution in [3.8, 4) is 0 Å². The minimum Gasteiger partial charge on any atom is -0.461 e. The van der Waals surface area contributed by atoms with Crippen molar-refractivity contribution in [1.29, 1.82) is 0 Å². The quantitative estimate of drug-likeness (QED) is 0.0765. The van der Waals surface area contributed by atoms with Crippen LogP contribution in [-0.2, 0) is 14.3 Å². The molecule has 6 nitrogen and oxygen atoms in total. The lowest BCUT2D eigenvalue weighted by molar-refractivity contribution is -0.156. The lowest BCUT2D eigenvalue weighted by Crippen LogP contribution is -2.51. The fraction of sp³-hybridized carbons (Fsp3) is 0.905. The van der Waals surface area contributed by atoms with Crippen molar-refractivity contribution >= 4 is 11.9 Å². The van der Waals surface area contributed by atoms with E-state index in [1.807, 2.05) is 0 Å². The number of nitrogens with zero attached hydrogens (tertiary/aromatic N) is 1. The van der Waals surface area contributed by atoms with E-state index >= 15 is 0 Å². The molecule has 0 heterocycles. The molecule has 0 radical (unpaired) electrons. The smallest absolute Gasteiger partial charge is 0.325 e. The Morgan fingerprint density at radius 1 is 0.854 bits per heavy atom. The molecule has 4 rings (SSSR count). The van der Waals surface area contributed by atoms with Gasteiger partial charge in [0.1, 0.15) is 12.6 Å². The number of allylic oxidation sites excluding steroid dienone is 1. The zero-order valence-corrected chi connectivity index (χ0v) is 31.9. The first-order chi connectivity index (χ1) is 23.0. The minimum atomic E-state index is -0.235. The maximum Gasteiger partial charge on any atom is 0.325 e. The Morgan fingerprint density at radius 2 is 1.56 bits per heavy atom. The predicted molar refractivity (Wildman–Crippen MR) is 199 cm³/mol. The van der Waals surface area contributed by atoms with Crippen LogP contribution >= 0.6 is 0 Å². The number of amides is 1. The van der Waals surface area contributed by atoms with Crippen LogP contribution < -0.4 is 11.5 Å². The number of hydrogen-bond acceptors (Lipinski definition) is 5. The number of fused-ring (bicyclic) bond motifs is 5. The van der Waals surface area contributed by atoms with Crippen molar-refractivity contribution < 1.29 is 14.3 Å². The van der Waals surface area contributed by atoms with Gasteiger partial charge in [0.2, 0.25) is 5.91 Å². The molecule has 3 fully saturated rings. The molecule has 0 aliphatic heterocycles. The van der Waals surface area contributed by atoms with Crippen LogP contribution in [0.25, 0.3) is 0 Å². The molecule has 0 bridgehead atoms. The SMILES string of the molecule is CC(C)CCCC(C)C1CCC2C3CC=C4CC(OC(=O)CN(CCCCCCCCN)C(=O)CCCCN)CCC4(C)C3CCC12C. The highest BCUT2D eigenvalue weighted by atomic mass is 16.5. The molecule has 0 spiro atoms. The second kappa shape index (κ2) is 18.7. The van der Waals surface area contributed by atoms with Crippen LogP contribution in [0.3, 0.4) is 0 Å². The number of carbonyl (C=O) groups is 2. The molecule has 3 saturated carbocycles. The number of rotatable bonds is 20. The molecule has 4 aliphatic carbocycles. The van der Waals surface area contributed by atoms with Crippen molar-refractivity contribution in [3.63, 3.8) is 0 Å². The maximum absolute atomic E-state index is 13.3. The van der Waals surface area contributed by atoms with Crippen molar-refractivity contribution in [3.05, 3.63) is 11.6 Å². The molecule has 4 N–H and O–H groups in total. The first-order valence-electron chi connectivity index (χ1n) is 20.6. The van der Waals surface area contributed by atoms with Gasteiger partial charge in [0.05, 0.1) is 0 Å². The third-order valence-electron chi connectivity index (χ3n) is 14.0. The summed E-state index contributed by atoms with van der Waals surface area (Å²) in [4.78, 5) is 28.2. The fourth-order valence-corrected chi connectivity index (χ4v) is 11.2. The predicted octanol–water partition coefficient (Wildman–Crippen LogP) is 9.20. The highest BCUT2D eigenvalue weighted by Crippen LogP contribution is 2.67. The Bertz CT molecular complexity index is 1040. The molecule has 0 aromatic carbocycles. The largest absolute Gasteiger partial charge is 0.461 e. The van der Waals surface area contributed by atoms with Crippen LogP contribution in [0.5, 0.6) is 0 Å². The Kier molecular flexibility index (Phi) is 15.4. The van der Waals surface area contributed by atoms with Gasteiger partial charge in [0.15, 0.2) is 0 Å². The van der Waals surface area contributed by atoms with Gasteiger partial charge in [-0.15, -0.1) is 0 Å². The van der Waals surface area contributed by atoms with Gasteiger partial charge < -0.3 is 21.1 Å². The lowest BCUT2D eigenvalue weighted by atomic mass is 9.47. The summed E-state index contributed by atoms with van der Waals surface area (Å²) in [6.45, 7) is 14.6. The van der Waals surface area contributed by atoms with Gasteiger partial charge in [-0.25, -0.2) is 0 Å². The van der Waals surface area contributed by atoms with Gasteiger partial charge in [0, 0.05) is 19.4 Å². The van der Waals surface area contributed by atoms with E-state index in [1.165, 1.54) is 64.2 Å². The number of ether oxygens (including phenoxy) is 1. The molecule has 0 aromatic heterocycles. The summed E-state index contributed by atoms with van der Waals surface area (Å²) < 4.78 is 6.17. The topological polar surface area (TPSA) is 98.6 Å². The van der Waals surface area contributed by atoms with E-state index in [4.69, 9.17) is 16.2 Å². The summed E-state index contributed by atoms with van der Waals surface area (Å²) in [5.41, 5.74) is 13.6. The van der Waals surface area contributed by atoms with Crippen molar-refractivity contribution in [1.82, 2.24) is 4.90 Å². The van der Waals surface area contributed by atoms with E-state index in [2.05, 4.69) is 40.7 Å². The molecule has 1 amide bonds. The standard InChI is InChI=1S/C42H75N3O3/c1-31(2)15-14-16-32(3)36-20-21-37-35-19-18-33-29-34(22-24-41(33,4)38(35)23-25-42(36,37)5)48-40(47)30-45(39(46)17-10-12-27-44)28-13-9-7-6-8-11-26-43/h18,31-32,34-38H,6-17,19-30,43-44H2,1-5H3. The fourth-order valence-electron chi connectivity index (χ4n) is 11.2. The first-order valence-corrected chi connectivity index (χ1v) is 20.6. The molecule has 0 aromatic rings. The second-order valence-electron chi connectivity index (χ2n) is 17.6. The molecule has 6 heteroatoms. The zero-order valence-electron chi connectivity index (χ0n) is 31.9. The highest BCUT2D eigenvalue weighted by molar-refractivity contribution is 5.82. The monoisotopic (exact) mass is 670 g/mol. The molecule has 276 valence electrons. The maximum atomic E-state index is 13.3. The van der Waals surface area contributed by atoms with Gasteiger partial charge in [-0.2, -0.15) is 0 Å². The third-order valence-corrected chi connectivity index (χ3v) is 14.0. The number of nitrogens with two attached hydrogens (primary N) is 2. The number of hydrogen-bond donors (Lipinski definition) is 2. The van der Waals surface area contributed by atoms with E-state index in [0.29, 0.717) is 24.9 Å². The molecular formula is C42H75N3O3. The van der Waals surface area contributed by atoms with E-state index < -0.39 is 0 Å². The second-order valence-corrected chi connectivity index (χ2v) is 17.6. The molecule has 8 unspecified atom stereocenters. The highest BCUT2D eigenvalue weighted by Gasteiger charge is 2.59. The summed E-state index contributed by atoms with van der Waals surface area (Å²) in [5, 5.41) is 0. The molecule has 0 saturated heterocycles. The van der Waals surface area contributed by atoms with Gasteiger partial charge in [0.25, 0.3) is 0 Å². The third kappa shape index (κ3) is 9.89. The van der Waals surface area contributed by atoms with Crippen LogP contribution in [-0.4, -0.2) is 49.1 Å². The average molecular weight is 670 g/mol. The van der Waals surface area contributed by atoms with Crippen molar-refractivity contribution in [2.24, 2.45) is 57.8 Å². The average Bonchev–Trinajstić information content (AvgIpc) is 3.41. The van der Waals surface area contributed by atoms with Crippen LogP contribution in [0, 0.1) is 46.3 Å². The minimum absolute atomic E-state index is 0.0594. The normalized spacial score (nSPS) is 31.8. The molecule has 8 atom stereocenters. The molecular weight excluding hydrogens is 594 g/mol. The van der Waals surface area contributed by atoms with Crippen LogP contribution in [0.4, 0.5) is 0 Å². The van der Waals surface area contributed by atoms with Crippen LogP contribution in [0.2, 0.25) is 0 Å². The van der Waals surface area contributed by atoms with Crippen LogP contribution in [0.15, 0.2) is 11.6 Å². The molecule has 48 heavy (non-hydrogen) atoms. The summed E-state index contributed by atoms with van der Waals surface area (Å²) in [6.07, 6.45) is 25.0. The Balaban J connectivity index is 1.31. The number of unbranched alkanes of at least 4 members (excludes halogenated alkanes) is 6. The lowest BCUT2D eigenvalue weighted by Gasteiger charge is -2.58. The summed E-state index contributed by atoms with van der Waals surface area (Å²) >= 11 is 0. The van der Waals surface area contributed by atoms with Crippen molar-refractivity contribution in [2.45, 2.75) is 169 Å². The van der Waals surface area contributed by atoms with E-state index in [0.717, 1.165) is 99.8 Å². The van der Waals surface area contributed by atoms with Crippen molar-refractivity contribution in [2.75, 3.05) is 26.2 Å². The zero-order chi connectivity index (χ0) is 34.7. The molecule has 4 aliphatic rings.